The molecular formula is C16H14N4O4S. The van der Waals surface area contributed by atoms with Crippen LogP contribution in [0.3, 0.4) is 0 Å². The van der Waals surface area contributed by atoms with E-state index in [-0.39, 0.29) is 10.5 Å². The van der Waals surface area contributed by atoms with Crippen molar-refractivity contribution in [1.29, 1.82) is 5.26 Å². The number of carbonyl (C=O) groups is 1. The molecule has 0 unspecified atom stereocenters. The van der Waals surface area contributed by atoms with Crippen molar-refractivity contribution in [2.24, 2.45) is 0 Å². The van der Waals surface area contributed by atoms with Crippen molar-refractivity contribution >= 4 is 33.1 Å². The molecule has 8 nitrogen and oxygen atoms in total. The first-order valence-electron chi connectivity index (χ1n) is 6.91. The summed E-state index contributed by atoms with van der Waals surface area (Å²) < 4.78 is 30.8. The van der Waals surface area contributed by atoms with Gasteiger partial charge in [0, 0.05) is 23.3 Å². The van der Waals surface area contributed by atoms with Gasteiger partial charge in [-0.05, 0) is 48.5 Å². The van der Waals surface area contributed by atoms with Gasteiger partial charge in [-0.3, -0.25) is 9.35 Å². The minimum atomic E-state index is -4.28. The number of hydrogen-bond donors (Lipinski definition) is 4. The molecule has 0 aliphatic carbocycles. The fourth-order valence-electron chi connectivity index (χ4n) is 1.79. The molecule has 2 aromatic carbocycles. The maximum atomic E-state index is 12.0. The Kier molecular flexibility index (Phi) is 5.38. The van der Waals surface area contributed by atoms with Gasteiger partial charge in [0.25, 0.3) is 16.0 Å². The molecule has 0 bridgehead atoms. The van der Waals surface area contributed by atoms with E-state index < -0.39 is 16.0 Å². The molecule has 128 valence electrons. The van der Waals surface area contributed by atoms with Crippen LogP contribution in [0.5, 0.6) is 0 Å². The maximum absolute atomic E-state index is 12.0. The summed E-state index contributed by atoms with van der Waals surface area (Å²) in [6.45, 7) is 0. The van der Waals surface area contributed by atoms with Crippen molar-refractivity contribution in [3.05, 3.63) is 60.3 Å². The molecule has 0 spiro atoms. The normalized spacial score (nSPS) is 11.4. The van der Waals surface area contributed by atoms with Crippen LogP contribution in [0.1, 0.15) is 0 Å². The number of amides is 1. The number of nitrogen functional groups attached to an aromatic ring is 1. The summed E-state index contributed by atoms with van der Waals surface area (Å²) in [6.07, 6.45) is 1.19. The molecule has 5 N–H and O–H groups in total. The Morgan fingerprint density at radius 3 is 2.16 bits per heavy atom. The van der Waals surface area contributed by atoms with Crippen LogP contribution in [0, 0.1) is 11.3 Å². The zero-order valence-electron chi connectivity index (χ0n) is 12.8. The van der Waals surface area contributed by atoms with E-state index in [0.717, 1.165) is 0 Å². The molecule has 0 heterocycles. The number of nitrogens with zero attached hydrogens (tertiary/aromatic N) is 1. The molecule has 0 saturated carbocycles. The highest BCUT2D eigenvalue weighted by atomic mass is 32.2. The average molecular weight is 358 g/mol. The van der Waals surface area contributed by atoms with Gasteiger partial charge in [-0.1, -0.05) is 0 Å². The maximum Gasteiger partial charge on any atom is 0.294 e. The molecule has 0 fully saturated rings. The van der Waals surface area contributed by atoms with E-state index in [1.165, 1.54) is 30.5 Å². The van der Waals surface area contributed by atoms with Gasteiger partial charge in [-0.15, -0.1) is 0 Å². The molecule has 0 aliphatic rings. The highest BCUT2D eigenvalue weighted by Gasteiger charge is 2.10. The molecule has 0 aliphatic heterocycles. The van der Waals surface area contributed by atoms with E-state index in [1.54, 1.807) is 30.3 Å². The standard InChI is InChI=1S/C16H14N4O4S/c17-9-11(16(21)20-14-3-1-12(18)2-4-14)10-19-13-5-7-15(8-6-13)25(22,23)24/h1-8,10,19H,18H2,(H,20,21)(H,22,23,24)/b11-10-. The molecule has 1 amide bonds. The smallest absolute Gasteiger partial charge is 0.294 e. The van der Waals surface area contributed by atoms with Gasteiger partial charge in [-0.2, -0.15) is 13.7 Å². The minimum Gasteiger partial charge on any atom is -0.399 e. The lowest BCUT2D eigenvalue weighted by molar-refractivity contribution is -0.112. The van der Waals surface area contributed by atoms with Crippen molar-refractivity contribution in [3.63, 3.8) is 0 Å². The second-order valence-electron chi connectivity index (χ2n) is 4.89. The Balaban J connectivity index is 2.08. The zero-order valence-corrected chi connectivity index (χ0v) is 13.6. The lowest BCUT2D eigenvalue weighted by Gasteiger charge is -2.06. The van der Waals surface area contributed by atoms with Crippen LogP contribution in [-0.2, 0) is 14.9 Å². The Morgan fingerprint density at radius 2 is 1.64 bits per heavy atom. The molecule has 0 saturated heterocycles. The SMILES string of the molecule is N#C/C(=C/Nc1ccc(S(=O)(=O)O)cc1)C(=O)Nc1ccc(N)cc1. The van der Waals surface area contributed by atoms with Gasteiger partial charge < -0.3 is 16.4 Å². The Morgan fingerprint density at radius 1 is 1.08 bits per heavy atom. The monoisotopic (exact) mass is 358 g/mol. The highest BCUT2D eigenvalue weighted by Crippen LogP contribution is 2.15. The van der Waals surface area contributed by atoms with Gasteiger partial charge in [0.05, 0.1) is 4.90 Å². The first-order chi connectivity index (χ1) is 11.8. The number of benzene rings is 2. The number of nitriles is 1. The molecular weight excluding hydrogens is 344 g/mol. The Bertz CT molecular complexity index is 943. The first-order valence-corrected chi connectivity index (χ1v) is 8.35. The van der Waals surface area contributed by atoms with Crippen LogP contribution < -0.4 is 16.4 Å². The van der Waals surface area contributed by atoms with Crippen molar-refractivity contribution in [3.8, 4) is 6.07 Å². The third kappa shape index (κ3) is 5.07. The number of anilines is 3. The largest absolute Gasteiger partial charge is 0.399 e. The predicted octanol–water partition coefficient (Wildman–Crippen LogP) is 1.97. The van der Waals surface area contributed by atoms with Crippen LogP contribution in [0.25, 0.3) is 0 Å². The van der Waals surface area contributed by atoms with Crippen LogP contribution in [0.4, 0.5) is 17.1 Å². The predicted molar refractivity (Wildman–Crippen MR) is 93.1 cm³/mol. The van der Waals surface area contributed by atoms with E-state index in [0.29, 0.717) is 17.1 Å². The Labute approximate surface area is 144 Å². The minimum absolute atomic E-state index is 0.185. The number of nitrogens with one attached hydrogen (secondary N) is 2. The van der Waals surface area contributed by atoms with E-state index in [2.05, 4.69) is 10.6 Å². The third-order valence-electron chi connectivity index (χ3n) is 3.07. The van der Waals surface area contributed by atoms with Gasteiger partial charge >= 0.3 is 0 Å². The Hall–Kier alpha value is -3.35. The van der Waals surface area contributed by atoms with E-state index in [1.807, 2.05) is 0 Å². The molecule has 25 heavy (non-hydrogen) atoms. The quantitative estimate of drug-likeness (QED) is 0.277. The summed E-state index contributed by atoms with van der Waals surface area (Å²) in [5.74, 6) is -0.616. The fourth-order valence-corrected chi connectivity index (χ4v) is 2.27. The third-order valence-corrected chi connectivity index (χ3v) is 3.94. The zero-order chi connectivity index (χ0) is 18.4. The van der Waals surface area contributed by atoms with E-state index >= 15 is 0 Å². The van der Waals surface area contributed by atoms with Crippen molar-refractivity contribution in [1.82, 2.24) is 0 Å². The first kappa shape index (κ1) is 18.0. The second-order valence-corrected chi connectivity index (χ2v) is 6.31. The highest BCUT2D eigenvalue weighted by molar-refractivity contribution is 7.85. The van der Waals surface area contributed by atoms with Gasteiger partial charge in [-0.25, -0.2) is 0 Å². The topological polar surface area (TPSA) is 145 Å². The number of hydrogen-bond acceptors (Lipinski definition) is 6. The summed E-state index contributed by atoms with van der Waals surface area (Å²) in [5, 5.41) is 14.4. The molecule has 0 atom stereocenters. The van der Waals surface area contributed by atoms with Crippen LogP contribution in [0.15, 0.2) is 65.2 Å². The molecule has 2 rings (SSSR count). The fraction of sp³-hybridized carbons (Fsp3) is 0. The van der Waals surface area contributed by atoms with Gasteiger partial charge in [0.1, 0.15) is 11.6 Å². The van der Waals surface area contributed by atoms with E-state index in [9.17, 15) is 13.2 Å². The summed E-state index contributed by atoms with van der Waals surface area (Å²) in [4.78, 5) is 11.8. The van der Waals surface area contributed by atoms with E-state index in [4.69, 9.17) is 15.5 Å². The van der Waals surface area contributed by atoms with Crippen molar-refractivity contribution < 1.29 is 17.8 Å². The van der Waals surface area contributed by atoms with Crippen molar-refractivity contribution in [2.45, 2.75) is 4.90 Å². The molecule has 9 heteroatoms. The summed E-state index contributed by atoms with van der Waals surface area (Å²) in [5.41, 5.74) is 6.83. The average Bonchev–Trinajstić information content (AvgIpc) is 2.57. The number of nitrogens with two attached hydrogens (primary N) is 1. The lowest BCUT2D eigenvalue weighted by atomic mass is 10.2. The molecule has 2 aromatic rings. The van der Waals surface area contributed by atoms with Crippen LogP contribution >= 0.6 is 0 Å². The van der Waals surface area contributed by atoms with Crippen LogP contribution in [0.2, 0.25) is 0 Å². The molecule has 0 radical (unpaired) electrons. The summed E-state index contributed by atoms with van der Waals surface area (Å²) in [7, 11) is -4.28. The summed E-state index contributed by atoms with van der Waals surface area (Å²) >= 11 is 0. The van der Waals surface area contributed by atoms with Gasteiger partial charge in [0.2, 0.25) is 0 Å². The van der Waals surface area contributed by atoms with Crippen LogP contribution in [-0.4, -0.2) is 18.9 Å². The summed E-state index contributed by atoms with van der Waals surface area (Å²) in [6, 6.07) is 13.3. The number of rotatable bonds is 5. The number of carbonyl (C=O) groups excluding carboxylic acids is 1. The molecule has 0 aromatic heterocycles. The van der Waals surface area contributed by atoms with Crippen molar-refractivity contribution in [2.75, 3.05) is 16.4 Å². The lowest BCUT2D eigenvalue weighted by Crippen LogP contribution is -2.14. The van der Waals surface area contributed by atoms with Gasteiger partial charge in [0.15, 0.2) is 0 Å². The second kappa shape index (κ2) is 7.48.